The van der Waals surface area contributed by atoms with Gasteiger partial charge in [0, 0.05) is 11.1 Å². The highest BCUT2D eigenvalue weighted by Crippen LogP contribution is 2.39. The zero-order valence-corrected chi connectivity index (χ0v) is 17.0. The molecule has 0 bridgehead atoms. The Bertz CT molecular complexity index is 1310. The van der Waals surface area contributed by atoms with E-state index in [-0.39, 0.29) is 17.0 Å². The number of rotatable bonds is 5. The van der Waals surface area contributed by atoms with Crippen LogP contribution in [0.2, 0.25) is 0 Å². The molecule has 4 aromatic carbocycles. The number of carbonyl (C=O) groups excluding carboxylic acids is 1. The summed E-state index contributed by atoms with van der Waals surface area (Å²) in [6, 6.07) is 24.0. The highest BCUT2D eigenvalue weighted by Gasteiger charge is 2.19. The van der Waals surface area contributed by atoms with Crippen molar-refractivity contribution in [3.05, 3.63) is 102 Å². The monoisotopic (exact) mass is 407 g/mol. The van der Waals surface area contributed by atoms with Crippen LogP contribution in [0.15, 0.2) is 95.7 Å². The maximum Gasteiger partial charge on any atom is 0.259 e. The minimum atomic E-state index is -0.413. The van der Waals surface area contributed by atoms with Crippen molar-refractivity contribution in [3.8, 4) is 5.75 Å². The first kappa shape index (κ1) is 20.0. The number of benzene rings is 4. The van der Waals surface area contributed by atoms with Crippen LogP contribution in [0.5, 0.6) is 5.75 Å². The minimum Gasteiger partial charge on any atom is -0.505 e. The lowest BCUT2D eigenvalue weighted by atomic mass is 10.0. The maximum atomic E-state index is 13.0. The number of anilines is 1. The van der Waals surface area contributed by atoms with Gasteiger partial charge in [0.1, 0.15) is 5.69 Å². The number of phenolic OH excluding ortho intramolecular Hbond substituents is 1. The third-order valence-electron chi connectivity index (χ3n) is 5.03. The summed E-state index contributed by atoms with van der Waals surface area (Å²) in [5.74, 6) is -0.624. The van der Waals surface area contributed by atoms with Crippen molar-refractivity contribution < 1.29 is 9.90 Å². The topological polar surface area (TPSA) is 74.0 Å². The molecule has 0 heterocycles. The fourth-order valence-electron chi connectivity index (χ4n) is 3.28. The Kier molecular flexibility index (Phi) is 5.58. The number of fused-ring (bicyclic) bond motifs is 1. The molecule has 152 valence electrons. The fourth-order valence-corrected chi connectivity index (χ4v) is 3.28. The van der Waals surface area contributed by atoms with Gasteiger partial charge >= 0.3 is 0 Å². The SMILES string of the molecule is C=Cc1ccc(N=Nc2c(O)c(C(=O)Nc3ccccc3C)cc3ccccc23)cc1. The number of phenols is 1. The Hall–Kier alpha value is -4.25. The van der Waals surface area contributed by atoms with Gasteiger partial charge in [-0.05, 0) is 47.7 Å². The molecule has 0 saturated carbocycles. The van der Waals surface area contributed by atoms with E-state index in [1.165, 1.54) is 0 Å². The molecule has 0 unspecified atom stereocenters. The van der Waals surface area contributed by atoms with E-state index in [0.717, 1.165) is 16.5 Å². The van der Waals surface area contributed by atoms with Crippen LogP contribution >= 0.6 is 0 Å². The summed E-state index contributed by atoms with van der Waals surface area (Å²) in [5, 5.41) is 23.8. The van der Waals surface area contributed by atoms with Crippen LogP contribution < -0.4 is 5.32 Å². The van der Waals surface area contributed by atoms with E-state index in [0.29, 0.717) is 16.8 Å². The standard InChI is InChI=1S/C26H21N3O2/c1-3-18-12-14-20(15-13-18)28-29-24-21-10-6-5-9-19(21)16-22(25(24)30)26(31)27-23-11-7-4-8-17(23)2/h3-16,30H,1H2,2H3,(H,27,31). The number of aromatic hydroxyl groups is 1. The van der Waals surface area contributed by atoms with Crippen molar-refractivity contribution in [1.29, 1.82) is 0 Å². The smallest absolute Gasteiger partial charge is 0.259 e. The molecule has 5 heteroatoms. The molecular formula is C26H21N3O2. The maximum absolute atomic E-state index is 13.0. The summed E-state index contributed by atoms with van der Waals surface area (Å²) in [4.78, 5) is 13.0. The van der Waals surface area contributed by atoms with Crippen molar-refractivity contribution in [1.82, 2.24) is 0 Å². The summed E-state index contributed by atoms with van der Waals surface area (Å²) in [6.07, 6.45) is 1.75. The lowest BCUT2D eigenvalue weighted by molar-refractivity contribution is 0.102. The van der Waals surface area contributed by atoms with E-state index in [4.69, 9.17) is 0 Å². The van der Waals surface area contributed by atoms with Gasteiger partial charge in [-0.1, -0.05) is 67.3 Å². The van der Waals surface area contributed by atoms with E-state index in [2.05, 4.69) is 22.1 Å². The number of nitrogens with zero attached hydrogens (tertiary/aromatic N) is 2. The van der Waals surface area contributed by atoms with Crippen LogP contribution in [-0.2, 0) is 0 Å². The molecule has 0 saturated heterocycles. The minimum absolute atomic E-state index is 0.137. The molecule has 0 atom stereocenters. The molecule has 1 amide bonds. The van der Waals surface area contributed by atoms with E-state index in [1.54, 1.807) is 12.1 Å². The molecule has 31 heavy (non-hydrogen) atoms. The van der Waals surface area contributed by atoms with Crippen LogP contribution in [0.4, 0.5) is 17.1 Å². The van der Waals surface area contributed by atoms with Gasteiger partial charge in [0.2, 0.25) is 0 Å². The van der Waals surface area contributed by atoms with E-state index in [9.17, 15) is 9.90 Å². The third-order valence-corrected chi connectivity index (χ3v) is 5.03. The van der Waals surface area contributed by atoms with Gasteiger partial charge in [-0.15, -0.1) is 5.11 Å². The average Bonchev–Trinajstić information content (AvgIpc) is 2.80. The van der Waals surface area contributed by atoms with E-state index in [1.807, 2.05) is 79.7 Å². The number of para-hydroxylation sites is 1. The fraction of sp³-hybridized carbons (Fsp3) is 0.0385. The Morgan fingerprint density at radius 3 is 2.42 bits per heavy atom. The molecule has 2 N–H and O–H groups in total. The van der Waals surface area contributed by atoms with E-state index >= 15 is 0 Å². The average molecular weight is 407 g/mol. The Balaban J connectivity index is 1.76. The van der Waals surface area contributed by atoms with Crippen LogP contribution in [0, 0.1) is 6.92 Å². The van der Waals surface area contributed by atoms with Crippen LogP contribution in [-0.4, -0.2) is 11.0 Å². The largest absolute Gasteiger partial charge is 0.505 e. The second-order valence-corrected chi connectivity index (χ2v) is 7.11. The summed E-state index contributed by atoms with van der Waals surface area (Å²) in [6.45, 7) is 5.65. The van der Waals surface area contributed by atoms with Crippen molar-refractivity contribution in [2.24, 2.45) is 10.2 Å². The first-order chi connectivity index (χ1) is 15.1. The van der Waals surface area contributed by atoms with Crippen molar-refractivity contribution in [2.45, 2.75) is 6.92 Å². The number of nitrogens with one attached hydrogen (secondary N) is 1. The Morgan fingerprint density at radius 1 is 0.968 bits per heavy atom. The first-order valence-electron chi connectivity index (χ1n) is 9.83. The van der Waals surface area contributed by atoms with Gasteiger partial charge in [0.15, 0.2) is 5.75 Å². The van der Waals surface area contributed by atoms with Gasteiger partial charge in [-0.25, -0.2) is 0 Å². The quantitative estimate of drug-likeness (QED) is 0.344. The summed E-state index contributed by atoms with van der Waals surface area (Å²) in [7, 11) is 0. The molecule has 0 fully saturated rings. The molecule has 4 rings (SSSR count). The molecule has 5 nitrogen and oxygen atoms in total. The molecule has 0 spiro atoms. The lowest BCUT2D eigenvalue weighted by Crippen LogP contribution is -2.13. The molecular weight excluding hydrogens is 386 g/mol. The highest BCUT2D eigenvalue weighted by atomic mass is 16.3. The van der Waals surface area contributed by atoms with E-state index < -0.39 is 5.91 Å². The zero-order valence-electron chi connectivity index (χ0n) is 17.0. The molecule has 0 aromatic heterocycles. The number of hydrogen-bond acceptors (Lipinski definition) is 4. The number of azo groups is 1. The van der Waals surface area contributed by atoms with Gasteiger partial charge in [-0.3, -0.25) is 4.79 Å². The van der Waals surface area contributed by atoms with Crippen molar-refractivity contribution in [3.63, 3.8) is 0 Å². The third kappa shape index (κ3) is 4.21. The zero-order chi connectivity index (χ0) is 21.8. The number of carbonyl (C=O) groups is 1. The Labute approximate surface area is 180 Å². The second kappa shape index (κ2) is 8.63. The first-order valence-corrected chi connectivity index (χ1v) is 9.83. The molecule has 0 radical (unpaired) electrons. The summed E-state index contributed by atoms with van der Waals surface area (Å²) in [5.41, 5.74) is 3.61. The molecule has 4 aromatic rings. The second-order valence-electron chi connectivity index (χ2n) is 7.11. The van der Waals surface area contributed by atoms with Gasteiger partial charge in [-0.2, -0.15) is 5.11 Å². The highest BCUT2D eigenvalue weighted by molar-refractivity contribution is 6.11. The summed E-state index contributed by atoms with van der Waals surface area (Å²) < 4.78 is 0. The van der Waals surface area contributed by atoms with Crippen LogP contribution in [0.25, 0.3) is 16.8 Å². The van der Waals surface area contributed by atoms with Crippen LogP contribution in [0.3, 0.4) is 0 Å². The number of aryl methyl sites for hydroxylation is 1. The van der Waals surface area contributed by atoms with Crippen LogP contribution in [0.1, 0.15) is 21.5 Å². The lowest BCUT2D eigenvalue weighted by Gasteiger charge is -2.12. The molecule has 0 aliphatic heterocycles. The number of amides is 1. The predicted octanol–water partition coefficient (Wildman–Crippen LogP) is 7.16. The molecule has 0 aliphatic rings. The van der Waals surface area contributed by atoms with Crippen molar-refractivity contribution in [2.75, 3.05) is 5.32 Å². The normalized spacial score (nSPS) is 11.0. The molecule has 0 aliphatic carbocycles. The van der Waals surface area contributed by atoms with Gasteiger partial charge in [0.25, 0.3) is 5.91 Å². The van der Waals surface area contributed by atoms with Gasteiger partial charge in [0.05, 0.1) is 11.3 Å². The number of hydrogen-bond donors (Lipinski definition) is 2. The predicted molar refractivity (Wildman–Crippen MR) is 125 cm³/mol. The van der Waals surface area contributed by atoms with Crippen molar-refractivity contribution >= 4 is 39.8 Å². The summed E-state index contributed by atoms with van der Waals surface area (Å²) >= 11 is 0. The van der Waals surface area contributed by atoms with Gasteiger partial charge < -0.3 is 10.4 Å². The Morgan fingerprint density at radius 2 is 1.68 bits per heavy atom.